The van der Waals surface area contributed by atoms with Gasteiger partial charge in [0.2, 0.25) is 0 Å². The van der Waals surface area contributed by atoms with Gasteiger partial charge in [-0.25, -0.2) is 0 Å². The van der Waals surface area contributed by atoms with Crippen LogP contribution in [0.25, 0.3) is 0 Å². The Kier molecular flexibility index (Phi) is 1.80. The molecular weight excluding hydrogens is 201 g/mol. The van der Waals surface area contributed by atoms with Gasteiger partial charge in [0.05, 0.1) is 0 Å². The number of hydrogen-bond donors (Lipinski definition) is 0. The summed E-state index contributed by atoms with van der Waals surface area (Å²) in [5.41, 5.74) is 2.50. The molecular formula is C9H8NSe. The number of fused-ring (bicyclic) bond motifs is 1. The number of rotatable bonds is 0. The first kappa shape index (κ1) is 7.08. The zero-order valence-corrected chi connectivity index (χ0v) is 7.79. The minimum absolute atomic E-state index is 1.07. The number of para-hydroxylation sites is 1. The molecule has 0 spiro atoms. The molecule has 0 fully saturated rings. The summed E-state index contributed by atoms with van der Waals surface area (Å²) in [6.45, 7) is 0. The summed E-state index contributed by atoms with van der Waals surface area (Å²) in [6.07, 6.45) is 2.19. The fraction of sp³-hybridized carbons (Fsp3) is 0.222. The molecule has 0 saturated carbocycles. The van der Waals surface area contributed by atoms with E-state index in [1.165, 1.54) is 5.56 Å². The van der Waals surface area contributed by atoms with Gasteiger partial charge in [0, 0.05) is 0 Å². The maximum atomic E-state index is 4.41. The molecule has 1 radical (unpaired) electrons. The third-order valence-corrected chi connectivity index (χ3v) is 2.46. The van der Waals surface area contributed by atoms with E-state index in [1.807, 2.05) is 6.07 Å². The topological polar surface area (TPSA) is 12.4 Å². The Balaban J connectivity index is 2.51. The van der Waals surface area contributed by atoms with Crippen LogP contribution in [0.3, 0.4) is 0 Å². The first-order chi connectivity index (χ1) is 5.36. The Hall–Kier alpha value is -0.591. The summed E-state index contributed by atoms with van der Waals surface area (Å²) in [5, 5.41) is 0. The van der Waals surface area contributed by atoms with Gasteiger partial charge in [0.25, 0.3) is 0 Å². The number of aryl methyl sites for hydroxylation is 1. The Bertz CT molecular complexity index is 304. The molecule has 1 aliphatic heterocycles. The molecule has 0 saturated heterocycles. The Morgan fingerprint density at radius 2 is 2.00 bits per heavy atom. The molecule has 1 aliphatic rings. The summed E-state index contributed by atoms with van der Waals surface area (Å²) in [7, 11) is 0. The van der Waals surface area contributed by atoms with Crippen LogP contribution < -0.4 is 0 Å². The van der Waals surface area contributed by atoms with Crippen molar-refractivity contribution in [2.45, 2.75) is 12.8 Å². The van der Waals surface area contributed by atoms with Crippen LogP contribution in [0.5, 0.6) is 0 Å². The second kappa shape index (κ2) is 2.80. The number of nitrogens with zero attached hydrogens (tertiary/aromatic N) is 1. The van der Waals surface area contributed by atoms with E-state index in [-0.39, 0.29) is 0 Å². The summed E-state index contributed by atoms with van der Waals surface area (Å²) < 4.78 is 1.13. The van der Waals surface area contributed by atoms with Crippen molar-refractivity contribution in [1.82, 2.24) is 0 Å². The molecule has 0 atom stereocenters. The predicted molar refractivity (Wildman–Crippen MR) is 47.6 cm³/mol. The standard InChI is InChI=1S/C9H8NSe/c11-9-6-5-7-3-1-2-4-8(7)10-9/h1-4H,5-6H2. The molecule has 2 rings (SSSR count). The average molecular weight is 209 g/mol. The number of aliphatic imine (C=N–C) groups is 1. The Morgan fingerprint density at radius 3 is 2.91 bits per heavy atom. The van der Waals surface area contributed by atoms with Crippen LogP contribution in [-0.2, 0) is 6.42 Å². The van der Waals surface area contributed by atoms with Crippen molar-refractivity contribution in [1.29, 1.82) is 0 Å². The second-order valence-electron chi connectivity index (χ2n) is 2.63. The van der Waals surface area contributed by atoms with E-state index in [1.54, 1.807) is 0 Å². The molecule has 11 heavy (non-hydrogen) atoms. The number of benzene rings is 1. The Labute approximate surface area is 74.4 Å². The quantitative estimate of drug-likeness (QED) is 0.578. The SMILES string of the molecule is [Se]C1=Nc2ccccc2CC1. The summed E-state index contributed by atoms with van der Waals surface area (Å²) in [6, 6.07) is 8.30. The monoisotopic (exact) mass is 210 g/mol. The molecule has 1 heterocycles. The van der Waals surface area contributed by atoms with Crippen LogP contribution in [0.1, 0.15) is 12.0 Å². The first-order valence-corrected chi connectivity index (χ1v) is 4.54. The molecule has 1 aromatic carbocycles. The van der Waals surface area contributed by atoms with E-state index in [4.69, 9.17) is 0 Å². The number of hydrogen-bond acceptors (Lipinski definition) is 1. The van der Waals surface area contributed by atoms with Crippen molar-refractivity contribution < 1.29 is 0 Å². The van der Waals surface area contributed by atoms with Crippen molar-refractivity contribution in [2.24, 2.45) is 4.99 Å². The van der Waals surface area contributed by atoms with Gasteiger partial charge < -0.3 is 0 Å². The molecule has 0 bridgehead atoms. The summed E-state index contributed by atoms with van der Waals surface area (Å²) in [5.74, 6) is 0. The fourth-order valence-electron chi connectivity index (χ4n) is 1.26. The first-order valence-electron chi connectivity index (χ1n) is 3.69. The van der Waals surface area contributed by atoms with E-state index in [0.717, 1.165) is 23.1 Å². The van der Waals surface area contributed by atoms with Crippen LogP contribution in [0.4, 0.5) is 5.69 Å². The summed E-state index contributed by atoms with van der Waals surface area (Å²) in [4.78, 5) is 4.41. The zero-order valence-electron chi connectivity index (χ0n) is 6.08. The normalized spacial score (nSPS) is 15.5. The van der Waals surface area contributed by atoms with Gasteiger partial charge >= 0.3 is 74.0 Å². The average Bonchev–Trinajstić information content (AvgIpc) is 2.04. The van der Waals surface area contributed by atoms with E-state index in [2.05, 4.69) is 39.2 Å². The van der Waals surface area contributed by atoms with Gasteiger partial charge in [0.15, 0.2) is 0 Å². The van der Waals surface area contributed by atoms with E-state index in [9.17, 15) is 0 Å². The van der Waals surface area contributed by atoms with Crippen molar-refractivity contribution in [2.75, 3.05) is 0 Å². The second-order valence-corrected chi connectivity index (χ2v) is 3.62. The maximum absolute atomic E-state index is 4.41. The molecule has 2 heteroatoms. The van der Waals surface area contributed by atoms with Crippen LogP contribution in [0.15, 0.2) is 29.3 Å². The third kappa shape index (κ3) is 1.37. The molecule has 55 valence electrons. The van der Waals surface area contributed by atoms with Gasteiger partial charge in [-0.1, -0.05) is 0 Å². The van der Waals surface area contributed by atoms with Gasteiger partial charge in [-0.2, -0.15) is 0 Å². The van der Waals surface area contributed by atoms with E-state index in [0.29, 0.717) is 0 Å². The van der Waals surface area contributed by atoms with Gasteiger partial charge in [-0.05, 0) is 0 Å². The molecule has 1 aromatic rings. The van der Waals surface area contributed by atoms with Crippen LogP contribution >= 0.6 is 0 Å². The van der Waals surface area contributed by atoms with E-state index < -0.39 is 0 Å². The minimum atomic E-state index is 1.07. The van der Waals surface area contributed by atoms with Gasteiger partial charge in [-0.15, -0.1) is 0 Å². The van der Waals surface area contributed by atoms with Crippen molar-refractivity contribution in [3.8, 4) is 0 Å². The molecule has 0 N–H and O–H groups in total. The summed E-state index contributed by atoms with van der Waals surface area (Å²) >= 11 is 2.97. The third-order valence-electron chi connectivity index (χ3n) is 1.84. The molecule has 0 unspecified atom stereocenters. The molecule has 0 aliphatic carbocycles. The molecule has 1 nitrogen and oxygen atoms in total. The van der Waals surface area contributed by atoms with Gasteiger partial charge in [0.1, 0.15) is 0 Å². The molecule has 0 amide bonds. The van der Waals surface area contributed by atoms with Crippen molar-refractivity contribution in [3.63, 3.8) is 0 Å². The predicted octanol–water partition coefficient (Wildman–Crippen LogP) is 1.83. The zero-order chi connectivity index (χ0) is 7.68. The van der Waals surface area contributed by atoms with E-state index >= 15 is 0 Å². The van der Waals surface area contributed by atoms with Crippen molar-refractivity contribution in [3.05, 3.63) is 29.8 Å². The van der Waals surface area contributed by atoms with Gasteiger partial charge in [-0.3, -0.25) is 0 Å². The Morgan fingerprint density at radius 1 is 1.18 bits per heavy atom. The molecule has 0 aromatic heterocycles. The fourth-order valence-corrected chi connectivity index (χ4v) is 1.68. The van der Waals surface area contributed by atoms with Crippen molar-refractivity contribution >= 4 is 26.3 Å². The van der Waals surface area contributed by atoms with Crippen LogP contribution in [0.2, 0.25) is 0 Å². The van der Waals surface area contributed by atoms with Crippen LogP contribution in [-0.4, -0.2) is 20.6 Å². The van der Waals surface area contributed by atoms with Crippen LogP contribution in [0, 0.1) is 0 Å².